The fraction of sp³-hybridized carbons (Fsp3) is 0.214. The van der Waals surface area contributed by atoms with Crippen LogP contribution in [0.2, 0.25) is 0 Å². The average molecular weight is 383 g/mol. The maximum absolute atomic E-state index is 5.32. The number of hydrogen-bond donors (Lipinski definition) is 0. The van der Waals surface area contributed by atoms with Gasteiger partial charge in [0.2, 0.25) is 0 Å². The van der Waals surface area contributed by atoms with E-state index >= 15 is 0 Å². The molecule has 1 nitrogen and oxygen atoms in total. The lowest BCUT2D eigenvalue weighted by Gasteiger charge is -2.14. The lowest BCUT2D eigenvalue weighted by molar-refractivity contribution is 0.414. The van der Waals surface area contributed by atoms with E-state index in [-0.39, 0.29) is 0 Å². The highest BCUT2D eigenvalue weighted by Gasteiger charge is 2.08. The predicted molar refractivity (Wildman–Crippen MR) is 124 cm³/mol. The summed E-state index contributed by atoms with van der Waals surface area (Å²) < 4.78 is 5.32. The molecule has 0 saturated heterocycles. The van der Waals surface area contributed by atoms with Crippen molar-refractivity contribution in [3.05, 3.63) is 126 Å². The van der Waals surface area contributed by atoms with Crippen LogP contribution in [-0.2, 0) is 12.8 Å². The first-order valence-corrected chi connectivity index (χ1v) is 10.4. The predicted octanol–water partition coefficient (Wildman–Crippen LogP) is 7.16. The summed E-state index contributed by atoms with van der Waals surface area (Å²) in [5.74, 6) is 1.38. The molecule has 0 aromatic heterocycles. The van der Waals surface area contributed by atoms with Gasteiger partial charge in [0.25, 0.3) is 0 Å². The summed E-state index contributed by atoms with van der Waals surface area (Å²) in [5, 5.41) is 0. The zero-order chi connectivity index (χ0) is 20.2. The van der Waals surface area contributed by atoms with E-state index in [1.165, 1.54) is 16.7 Å². The molecule has 0 saturated carbocycles. The minimum atomic E-state index is 0.472. The Labute approximate surface area is 175 Å². The molecule has 0 aliphatic heterocycles. The van der Waals surface area contributed by atoms with Crippen LogP contribution < -0.4 is 4.74 Å². The van der Waals surface area contributed by atoms with Crippen LogP contribution in [0.15, 0.2) is 109 Å². The van der Waals surface area contributed by atoms with Gasteiger partial charge in [0.15, 0.2) is 0 Å². The zero-order valence-electron chi connectivity index (χ0n) is 17.2. The van der Waals surface area contributed by atoms with Gasteiger partial charge in [0.05, 0.1) is 7.11 Å². The molecule has 0 atom stereocenters. The van der Waals surface area contributed by atoms with Crippen molar-refractivity contribution in [3.63, 3.8) is 0 Å². The quantitative estimate of drug-likeness (QED) is 0.338. The Morgan fingerprint density at radius 1 is 0.621 bits per heavy atom. The third-order valence-corrected chi connectivity index (χ3v) is 5.15. The van der Waals surface area contributed by atoms with E-state index in [9.17, 15) is 0 Å². The molecule has 0 fully saturated rings. The number of rotatable bonds is 10. The summed E-state index contributed by atoms with van der Waals surface area (Å²) in [6, 6.07) is 29.7. The number of hydrogen-bond acceptors (Lipinski definition) is 1. The van der Waals surface area contributed by atoms with Crippen LogP contribution in [0.1, 0.15) is 35.4 Å². The van der Waals surface area contributed by atoms with Gasteiger partial charge in [-0.25, -0.2) is 0 Å². The van der Waals surface area contributed by atoms with Crippen LogP contribution in [0.4, 0.5) is 0 Å². The second-order valence-corrected chi connectivity index (χ2v) is 7.26. The Morgan fingerprint density at radius 2 is 1.10 bits per heavy atom. The van der Waals surface area contributed by atoms with E-state index in [0.29, 0.717) is 5.92 Å². The Bertz CT molecular complexity index is 823. The van der Waals surface area contributed by atoms with Gasteiger partial charge in [0, 0.05) is 0 Å². The third-order valence-electron chi connectivity index (χ3n) is 5.15. The van der Waals surface area contributed by atoms with Gasteiger partial charge in [-0.2, -0.15) is 0 Å². The molecule has 3 rings (SSSR count). The molecule has 0 heterocycles. The fourth-order valence-electron chi connectivity index (χ4n) is 3.43. The summed E-state index contributed by atoms with van der Waals surface area (Å²) in [4.78, 5) is 0. The maximum atomic E-state index is 5.32. The van der Waals surface area contributed by atoms with Crippen molar-refractivity contribution >= 4 is 0 Å². The standard InChI is InChI=1S/C28H30O/c1-29-28-22-20-27(21-23-28)26(18-10-8-16-24-12-4-2-5-13-24)19-11-9-17-25-14-6-3-7-15-25/h2-15,20-23,26H,16-19H2,1H3/b10-8+,11-9+. The average Bonchev–Trinajstić information content (AvgIpc) is 2.79. The van der Waals surface area contributed by atoms with Crippen LogP contribution in [0.5, 0.6) is 5.75 Å². The Morgan fingerprint density at radius 3 is 1.55 bits per heavy atom. The molecule has 3 aromatic rings. The minimum Gasteiger partial charge on any atom is -0.497 e. The Hall–Kier alpha value is -3.06. The molecule has 0 aliphatic carbocycles. The van der Waals surface area contributed by atoms with Crippen molar-refractivity contribution in [1.29, 1.82) is 0 Å². The lowest BCUT2D eigenvalue weighted by atomic mass is 9.91. The molecule has 0 amide bonds. The monoisotopic (exact) mass is 382 g/mol. The van der Waals surface area contributed by atoms with Crippen molar-refractivity contribution in [2.24, 2.45) is 0 Å². The fourth-order valence-corrected chi connectivity index (χ4v) is 3.43. The highest BCUT2D eigenvalue weighted by molar-refractivity contribution is 5.30. The molecule has 0 bridgehead atoms. The van der Waals surface area contributed by atoms with Crippen LogP contribution in [-0.4, -0.2) is 7.11 Å². The molecule has 29 heavy (non-hydrogen) atoms. The first-order valence-electron chi connectivity index (χ1n) is 10.4. The Kier molecular flexibility index (Phi) is 8.34. The summed E-state index contributed by atoms with van der Waals surface area (Å²) >= 11 is 0. The van der Waals surface area contributed by atoms with Crippen molar-refractivity contribution in [1.82, 2.24) is 0 Å². The van der Waals surface area contributed by atoms with E-state index in [1.54, 1.807) is 7.11 Å². The number of methoxy groups -OCH3 is 1. The van der Waals surface area contributed by atoms with Crippen molar-refractivity contribution in [2.45, 2.75) is 31.6 Å². The van der Waals surface area contributed by atoms with Crippen LogP contribution in [0.25, 0.3) is 0 Å². The Balaban J connectivity index is 1.60. The van der Waals surface area contributed by atoms with Gasteiger partial charge in [-0.3, -0.25) is 0 Å². The van der Waals surface area contributed by atoms with Gasteiger partial charge >= 0.3 is 0 Å². The normalized spacial score (nSPS) is 11.5. The number of allylic oxidation sites excluding steroid dienone is 4. The maximum Gasteiger partial charge on any atom is 0.118 e. The number of benzene rings is 3. The molecule has 3 aromatic carbocycles. The second-order valence-electron chi connectivity index (χ2n) is 7.26. The van der Waals surface area contributed by atoms with Gasteiger partial charge in [-0.05, 0) is 60.4 Å². The molecular formula is C28H30O. The molecule has 148 valence electrons. The molecular weight excluding hydrogens is 352 g/mol. The van der Waals surface area contributed by atoms with E-state index in [4.69, 9.17) is 4.74 Å². The summed E-state index contributed by atoms with van der Waals surface area (Å²) in [5.41, 5.74) is 4.07. The number of ether oxygens (including phenoxy) is 1. The van der Waals surface area contributed by atoms with Gasteiger partial charge < -0.3 is 4.74 Å². The van der Waals surface area contributed by atoms with Crippen LogP contribution >= 0.6 is 0 Å². The lowest BCUT2D eigenvalue weighted by Crippen LogP contribution is -1.97. The molecule has 0 radical (unpaired) electrons. The molecule has 1 heteroatoms. The summed E-state index contributed by atoms with van der Waals surface area (Å²) in [6.07, 6.45) is 13.3. The first kappa shape index (κ1) is 20.7. The topological polar surface area (TPSA) is 9.23 Å². The highest BCUT2D eigenvalue weighted by Crippen LogP contribution is 2.26. The van der Waals surface area contributed by atoms with E-state index in [1.807, 2.05) is 0 Å². The molecule has 0 aliphatic rings. The van der Waals surface area contributed by atoms with Gasteiger partial charge in [-0.1, -0.05) is 97.1 Å². The molecule has 0 unspecified atom stereocenters. The van der Waals surface area contributed by atoms with Crippen molar-refractivity contribution in [3.8, 4) is 5.75 Å². The smallest absolute Gasteiger partial charge is 0.118 e. The van der Waals surface area contributed by atoms with Crippen LogP contribution in [0, 0.1) is 0 Å². The minimum absolute atomic E-state index is 0.472. The summed E-state index contributed by atoms with van der Waals surface area (Å²) in [6.45, 7) is 0. The third kappa shape index (κ3) is 7.12. The largest absolute Gasteiger partial charge is 0.497 e. The van der Waals surface area contributed by atoms with E-state index in [2.05, 4.69) is 109 Å². The summed E-state index contributed by atoms with van der Waals surface area (Å²) in [7, 11) is 1.71. The molecule has 0 N–H and O–H groups in total. The van der Waals surface area contributed by atoms with Crippen LogP contribution in [0.3, 0.4) is 0 Å². The van der Waals surface area contributed by atoms with Crippen molar-refractivity contribution in [2.75, 3.05) is 7.11 Å². The highest BCUT2D eigenvalue weighted by atomic mass is 16.5. The SMILES string of the molecule is COc1ccc(C(C/C=C/Cc2ccccc2)C/C=C/Cc2ccccc2)cc1. The first-order chi connectivity index (χ1) is 14.3. The van der Waals surface area contributed by atoms with Gasteiger partial charge in [0.1, 0.15) is 5.75 Å². The van der Waals surface area contributed by atoms with E-state index in [0.717, 1.165) is 31.4 Å². The van der Waals surface area contributed by atoms with Crippen molar-refractivity contribution < 1.29 is 4.74 Å². The second kappa shape index (κ2) is 11.7. The zero-order valence-corrected chi connectivity index (χ0v) is 17.2. The molecule has 0 spiro atoms. The van der Waals surface area contributed by atoms with Gasteiger partial charge in [-0.15, -0.1) is 0 Å². The van der Waals surface area contributed by atoms with E-state index < -0.39 is 0 Å².